The average Bonchev–Trinajstić information content (AvgIpc) is 2.53. The van der Waals surface area contributed by atoms with Gasteiger partial charge in [-0.3, -0.25) is 9.69 Å². The van der Waals surface area contributed by atoms with E-state index in [2.05, 4.69) is 29.4 Å². The minimum absolute atomic E-state index is 0.186. The van der Waals surface area contributed by atoms with Gasteiger partial charge in [-0.25, -0.2) is 0 Å². The van der Waals surface area contributed by atoms with E-state index in [1.165, 1.54) is 12.8 Å². The molecule has 0 saturated carbocycles. The lowest BCUT2D eigenvalue weighted by atomic mass is 10.0. The second-order valence-electron chi connectivity index (χ2n) is 3.81. The maximum atomic E-state index is 10.6. The SMILES string of the molecule is CC(C)(C#CC(=O)S)N1CCCC1. The molecule has 0 radical (unpaired) electrons. The number of nitrogens with zero attached hydrogens (tertiary/aromatic N) is 1. The lowest BCUT2D eigenvalue weighted by Gasteiger charge is -2.29. The third-order valence-electron chi connectivity index (χ3n) is 2.37. The van der Waals surface area contributed by atoms with Gasteiger partial charge in [0.2, 0.25) is 0 Å². The Kier molecular flexibility index (Phi) is 3.40. The van der Waals surface area contributed by atoms with Crippen molar-refractivity contribution in [2.24, 2.45) is 0 Å². The van der Waals surface area contributed by atoms with Crippen LogP contribution < -0.4 is 0 Å². The predicted octanol–water partition coefficient (Wildman–Crippen LogP) is 1.32. The highest BCUT2D eigenvalue weighted by atomic mass is 32.1. The molecule has 0 bridgehead atoms. The van der Waals surface area contributed by atoms with Crippen LogP contribution in [0, 0.1) is 11.8 Å². The number of likely N-dealkylation sites (tertiary alicyclic amines) is 1. The van der Waals surface area contributed by atoms with Gasteiger partial charge in [0.1, 0.15) is 0 Å². The van der Waals surface area contributed by atoms with Gasteiger partial charge in [-0.15, -0.1) is 0 Å². The summed E-state index contributed by atoms with van der Waals surface area (Å²) in [6, 6.07) is 0. The molecule has 0 atom stereocenters. The molecule has 1 saturated heterocycles. The van der Waals surface area contributed by atoms with Gasteiger partial charge in [0.15, 0.2) is 0 Å². The van der Waals surface area contributed by atoms with Gasteiger partial charge in [0.05, 0.1) is 5.54 Å². The van der Waals surface area contributed by atoms with E-state index in [1.54, 1.807) is 0 Å². The summed E-state index contributed by atoms with van der Waals surface area (Å²) in [6.07, 6.45) is 2.47. The average molecular weight is 197 g/mol. The quantitative estimate of drug-likeness (QED) is 0.505. The molecule has 0 aromatic rings. The standard InChI is InChI=1S/C10H15NOS/c1-10(2,6-5-9(12)13)11-7-3-4-8-11/h3-4,7-8H2,1-2H3,(H,12,13). The molecule has 1 aliphatic rings. The van der Waals surface area contributed by atoms with Crippen molar-refractivity contribution in [1.82, 2.24) is 4.90 Å². The zero-order valence-corrected chi connectivity index (χ0v) is 9.03. The van der Waals surface area contributed by atoms with Crippen molar-refractivity contribution in [1.29, 1.82) is 0 Å². The molecule has 0 aliphatic carbocycles. The molecule has 1 rings (SSSR count). The lowest BCUT2D eigenvalue weighted by Crippen LogP contribution is -2.40. The van der Waals surface area contributed by atoms with Crippen molar-refractivity contribution in [2.45, 2.75) is 32.2 Å². The molecular formula is C10H15NOS. The normalized spacial score (nSPS) is 18.1. The van der Waals surface area contributed by atoms with E-state index < -0.39 is 0 Å². The van der Waals surface area contributed by atoms with Crippen LogP contribution in [0.15, 0.2) is 0 Å². The summed E-state index contributed by atoms with van der Waals surface area (Å²) >= 11 is 3.62. The first-order valence-corrected chi connectivity index (χ1v) is 4.98. The largest absolute Gasteiger partial charge is 0.288 e. The maximum Gasteiger partial charge on any atom is 0.259 e. The Labute approximate surface area is 85.1 Å². The number of thiol groups is 1. The van der Waals surface area contributed by atoms with Crippen LogP contribution >= 0.6 is 12.6 Å². The van der Waals surface area contributed by atoms with Crippen molar-refractivity contribution in [2.75, 3.05) is 13.1 Å². The van der Waals surface area contributed by atoms with E-state index >= 15 is 0 Å². The van der Waals surface area contributed by atoms with E-state index in [9.17, 15) is 4.79 Å². The summed E-state index contributed by atoms with van der Waals surface area (Å²) in [5.41, 5.74) is -0.186. The second kappa shape index (κ2) is 4.17. The Morgan fingerprint density at radius 3 is 2.38 bits per heavy atom. The van der Waals surface area contributed by atoms with Gasteiger partial charge in [-0.1, -0.05) is 18.5 Å². The molecule has 0 amide bonds. The Morgan fingerprint density at radius 2 is 1.92 bits per heavy atom. The fourth-order valence-corrected chi connectivity index (χ4v) is 1.62. The molecule has 13 heavy (non-hydrogen) atoms. The van der Waals surface area contributed by atoms with E-state index in [-0.39, 0.29) is 10.7 Å². The fourth-order valence-electron chi connectivity index (χ4n) is 1.56. The first-order chi connectivity index (χ1) is 6.02. The highest BCUT2D eigenvalue weighted by Crippen LogP contribution is 2.19. The third kappa shape index (κ3) is 3.06. The molecule has 3 heteroatoms. The number of hydrogen-bond acceptors (Lipinski definition) is 2. The zero-order valence-electron chi connectivity index (χ0n) is 8.13. The van der Waals surface area contributed by atoms with Crippen molar-refractivity contribution < 1.29 is 4.79 Å². The second-order valence-corrected chi connectivity index (χ2v) is 4.21. The van der Waals surface area contributed by atoms with Gasteiger partial charge >= 0.3 is 0 Å². The molecule has 0 N–H and O–H groups in total. The van der Waals surface area contributed by atoms with Crippen LogP contribution in [0.4, 0.5) is 0 Å². The predicted molar refractivity (Wildman–Crippen MR) is 56.7 cm³/mol. The monoisotopic (exact) mass is 197 g/mol. The Bertz CT molecular complexity index is 256. The highest BCUT2D eigenvalue weighted by Gasteiger charge is 2.26. The van der Waals surface area contributed by atoms with Gasteiger partial charge in [-0.05, 0) is 45.7 Å². The van der Waals surface area contributed by atoms with Gasteiger partial charge in [0, 0.05) is 0 Å². The first kappa shape index (κ1) is 10.6. The molecule has 1 aliphatic heterocycles. The van der Waals surface area contributed by atoms with E-state index in [0.29, 0.717) is 0 Å². The Hall–Kier alpha value is -0.460. The molecule has 0 unspecified atom stereocenters. The number of carbonyl (C=O) groups is 1. The minimum Gasteiger partial charge on any atom is -0.288 e. The van der Waals surface area contributed by atoms with Gasteiger partial charge in [-0.2, -0.15) is 0 Å². The summed E-state index contributed by atoms with van der Waals surface area (Å²) in [5.74, 6) is 5.45. The van der Waals surface area contributed by atoms with Gasteiger partial charge in [0.25, 0.3) is 5.12 Å². The van der Waals surface area contributed by atoms with Crippen LogP contribution in [0.3, 0.4) is 0 Å². The zero-order chi connectivity index (χ0) is 9.90. The Balaban J connectivity index is 2.65. The molecule has 0 aromatic heterocycles. The molecule has 0 spiro atoms. The van der Waals surface area contributed by atoms with E-state index in [1.807, 2.05) is 13.8 Å². The van der Waals surface area contributed by atoms with Crippen molar-refractivity contribution in [3.8, 4) is 11.8 Å². The Morgan fingerprint density at radius 1 is 1.38 bits per heavy atom. The summed E-state index contributed by atoms with van der Waals surface area (Å²) in [5, 5.41) is -0.354. The summed E-state index contributed by atoms with van der Waals surface area (Å²) in [7, 11) is 0. The topological polar surface area (TPSA) is 20.3 Å². The summed E-state index contributed by atoms with van der Waals surface area (Å²) < 4.78 is 0. The highest BCUT2D eigenvalue weighted by molar-refractivity contribution is 7.97. The molecule has 1 heterocycles. The van der Waals surface area contributed by atoms with Crippen LogP contribution in [0.5, 0.6) is 0 Å². The minimum atomic E-state index is -0.354. The number of rotatable bonds is 1. The van der Waals surface area contributed by atoms with Gasteiger partial charge < -0.3 is 0 Å². The molecular weight excluding hydrogens is 182 g/mol. The van der Waals surface area contributed by atoms with Crippen molar-refractivity contribution >= 4 is 17.7 Å². The molecule has 2 nitrogen and oxygen atoms in total. The number of carbonyl (C=O) groups excluding carboxylic acids is 1. The van der Waals surface area contributed by atoms with Crippen LogP contribution in [0.25, 0.3) is 0 Å². The molecule has 1 fully saturated rings. The fraction of sp³-hybridized carbons (Fsp3) is 0.700. The van der Waals surface area contributed by atoms with Crippen LogP contribution in [0.1, 0.15) is 26.7 Å². The summed E-state index contributed by atoms with van der Waals surface area (Å²) in [4.78, 5) is 12.9. The number of hydrogen-bond donors (Lipinski definition) is 1. The maximum absolute atomic E-state index is 10.6. The van der Waals surface area contributed by atoms with Crippen molar-refractivity contribution in [3.63, 3.8) is 0 Å². The van der Waals surface area contributed by atoms with Crippen LogP contribution in [-0.4, -0.2) is 28.6 Å². The van der Waals surface area contributed by atoms with Crippen LogP contribution in [0.2, 0.25) is 0 Å². The lowest BCUT2D eigenvalue weighted by molar-refractivity contribution is -0.106. The van der Waals surface area contributed by atoms with E-state index in [0.717, 1.165) is 13.1 Å². The molecule has 0 aromatic carbocycles. The first-order valence-electron chi connectivity index (χ1n) is 4.53. The third-order valence-corrected chi connectivity index (χ3v) is 2.48. The van der Waals surface area contributed by atoms with Crippen LogP contribution in [-0.2, 0) is 4.79 Å². The van der Waals surface area contributed by atoms with Crippen molar-refractivity contribution in [3.05, 3.63) is 0 Å². The van der Waals surface area contributed by atoms with E-state index in [4.69, 9.17) is 0 Å². The molecule has 72 valence electrons. The summed E-state index contributed by atoms with van der Waals surface area (Å²) in [6.45, 7) is 6.26. The smallest absolute Gasteiger partial charge is 0.259 e.